The highest BCUT2D eigenvalue weighted by molar-refractivity contribution is 7.89. The van der Waals surface area contributed by atoms with Crippen LogP contribution in [-0.2, 0) is 10.0 Å². The van der Waals surface area contributed by atoms with E-state index in [1.807, 2.05) is 11.9 Å². The fourth-order valence-corrected chi connectivity index (χ4v) is 2.96. The van der Waals surface area contributed by atoms with E-state index in [2.05, 4.69) is 9.71 Å². The summed E-state index contributed by atoms with van der Waals surface area (Å²) in [5.41, 5.74) is -1.73. The molecule has 1 aromatic heterocycles. The standard InChI is InChI=1S/C11H19N3O5S/c1-2-3-8(4-5-15)6-13-20(18,19)9-7-12-11(17)14-10(9)16/h7-8,13,15H,2-6H2,1H3,(H2,12,14,16,17). The smallest absolute Gasteiger partial charge is 0.325 e. The molecule has 1 rings (SSSR count). The molecule has 1 heterocycles. The minimum absolute atomic E-state index is 0.00150. The minimum Gasteiger partial charge on any atom is -0.396 e. The Morgan fingerprint density at radius 3 is 2.60 bits per heavy atom. The first-order valence-electron chi connectivity index (χ1n) is 6.33. The van der Waals surface area contributed by atoms with Crippen LogP contribution in [-0.4, -0.2) is 36.6 Å². The normalized spacial score (nSPS) is 13.3. The number of aromatic amines is 2. The lowest BCUT2D eigenvalue weighted by molar-refractivity contribution is 0.251. The molecule has 1 aromatic rings. The summed E-state index contributed by atoms with van der Waals surface area (Å²) in [6, 6.07) is 0. The maximum Gasteiger partial charge on any atom is 0.325 e. The summed E-state index contributed by atoms with van der Waals surface area (Å²) < 4.78 is 26.2. The second kappa shape index (κ2) is 7.36. The highest BCUT2D eigenvalue weighted by atomic mass is 32.2. The minimum atomic E-state index is -3.98. The average Bonchev–Trinajstić information content (AvgIpc) is 2.36. The van der Waals surface area contributed by atoms with Gasteiger partial charge in [-0.15, -0.1) is 0 Å². The van der Waals surface area contributed by atoms with Crippen LogP contribution in [0.25, 0.3) is 0 Å². The van der Waals surface area contributed by atoms with Gasteiger partial charge in [0.05, 0.1) is 0 Å². The number of hydrogen-bond donors (Lipinski definition) is 4. The average molecular weight is 305 g/mol. The van der Waals surface area contributed by atoms with Crippen molar-refractivity contribution in [1.29, 1.82) is 0 Å². The van der Waals surface area contributed by atoms with Crippen molar-refractivity contribution in [1.82, 2.24) is 14.7 Å². The topological polar surface area (TPSA) is 132 Å². The Balaban J connectivity index is 2.84. The summed E-state index contributed by atoms with van der Waals surface area (Å²) in [4.78, 5) is 25.7. The summed E-state index contributed by atoms with van der Waals surface area (Å²) in [6.45, 7) is 2.08. The van der Waals surface area contributed by atoms with Gasteiger partial charge in [-0.25, -0.2) is 17.9 Å². The number of aliphatic hydroxyl groups excluding tert-OH is 1. The van der Waals surface area contributed by atoms with Crippen molar-refractivity contribution in [2.75, 3.05) is 13.2 Å². The first-order valence-corrected chi connectivity index (χ1v) is 7.81. The van der Waals surface area contributed by atoms with Gasteiger partial charge in [0.25, 0.3) is 5.56 Å². The maximum absolute atomic E-state index is 12.0. The highest BCUT2D eigenvalue weighted by Gasteiger charge is 2.20. The zero-order valence-corrected chi connectivity index (χ0v) is 12.0. The molecule has 0 aliphatic carbocycles. The number of nitrogens with one attached hydrogen (secondary N) is 3. The second-order valence-electron chi connectivity index (χ2n) is 4.46. The molecule has 114 valence electrons. The van der Waals surface area contributed by atoms with E-state index in [9.17, 15) is 18.0 Å². The van der Waals surface area contributed by atoms with E-state index in [0.717, 1.165) is 19.0 Å². The quantitative estimate of drug-likeness (QED) is 0.496. The van der Waals surface area contributed by atoms with Crippen LogP contribution < -0.4 is 16.0 Å². The van der Waals surface area contributed by atoms with Crippen LogP contribution in [0.15, 0.2) is 20.7 Å². The maximum atomic E-state index is 12.0. The van der Waals surface area contributed by atoms with Crippen LogP contribution in [0.5, 0.6) is 0 Å². The molecule has 0 aliphatic heterocycles. The van der Waals surface area contributed by atoms with Crippen LogP contribution in [0.4, 0.5) is 0 Å². The molecular formula is C11H19N3O5S. The van der Waals surface area contributed by atoms with Crippen molar-refractivity contribution in [3.8, 4) is 0 Å². The molecule has 0 fully saturated rings. The molecule has 0 amide bonds. The van der Waals surface area contributed by atoms with Gasteiger partial charge in [-0.05, 0) is 18.8 Å². The number of aliphatic hydroxyl groups is 1. The van der Waals surface area contributed by atoms with E-state index in [1.54, 1.807) is 0 Å². The van der Waals surface area contributed by atoms with Gasteiger partial charge in [-0.2, -0.15) is 0 Å². The molecule has 9 heteroatoms. The van der Waals surface area contributed by atoms with Gasteiger partial charge >= 0.3 is 5.69 Å². The molecular weight excluding hydrogens is 286 g/mol. The lowest BCUT2D eigenvalue weighted by Gasteiger charge is -2.15. The zero-order valence-electron chi connectivity index (χ0n) is 11.2. The molecule has 4 N–H and O–H groups in total. The number of hydrogen-bond acceptors (Lipinski definition) is 5. The van der Waals surface area contributed by atoms with Gasteiger partial charge in [0.2, 0.25) is 10.0 Å². The van der Waals surface area contributed by atoms with Crippen LogP contribution in [0.2, 0.25) is 0 Å². The summed E-state index contributed by atoms with van der Waals surface area (Å²) in [5, 5.41) is 8.91. The Hall–Kier alpha value is -1.45. The van der Waals surface area contributed by atoms with Crippen LogP contribution in [0, 0.1) is 5.92 Å². The molecule has 1 atom stereocenters. The van der Waals surface area contributed by atoms with Crippen LogP contribution >= 0.6 is 0 Å². The highest BCUT2D eigenvalue weighted by Crippen LogP contribution is 2.10. The number of sulfonamides is 1. The Labute approximate surface area is 116 Å². The summed E-state index contributed by atoms with van der Waals surface area (Å²) in [5.74, 6) is 0.00150. The monoisotopic (exact) mass is 305 g/mol. The molecule has 0 spiro atoms. The van der Waals surface area contributed by atoms with E-state index in [0.29, 0.717) is 6.42 Å². The van der Waals surface area contributed by atoms with Crippen molar-refractivity contribution < 1.29 is 13.5 Å². The van der Waals surface area contributed by atoms with E-state index < -0.39 is 26.2 Å². The van der Waals surface area contributed by atoms with Crippen molar-refractivity contribution >= 4 is 10.0 Å². The van der Waals surface area contributed by atoms with E-state index in [1.165, 1.54) is 0 Å². The number of H-pyrrole nitrogens is 2. The number of rotatable bonds is 8. The summed E-state index contributed by atoms with van der Waals surface area (Å²) in [7, 11) is -3.98. The molecule has 8 nitrogen and oxygen atoms in total. The van der Waals surface area contributed by atoms with Crippen molar-refractivity contribution in [3.63, 3.8) is 0 Å². The molecule has 0 saturated carbocycles. The Kier molecular flexibility index (Phi) is 6.11. The van der Waals surface area contributed by atoms with Crippen LogP contribution in [0.1, 0.15) is 26.2 Å². The van der Waals surface area contributed by atoms with Crippen molar-refractivity contribution in [2.45, 2.75) is 31.1 Å². The lowest BCUT2D eigenvalue weighted by atomic mass is 10.0. The van der Waals surface area contributed by atoms with Gasteiger partial charge in [-0.1, -0.05) is 13.3 Å². The third-order valence-electron chi connectivity index (χ3n) is 2.87. The predicted molar refractivity (Wildman–Crippen MR) is 73.0 cm³/mol. The van der Waals surface area contributed by atoms with Crippen molar-refractivity contribution in [3.05, 3.63) is 27.0 Å². The van der Waals surface area contributed by atoms with Crippen molar-refractivity contribution in [2.24, 2.45) is 5.92 Å². The van der Waals surface area contributed by atoms with Gasteiger partial charge in [0, 0.05) is 19.3 Å². The third-order valence-corrected chi connectivity index (χ3v) is 4.30. The van der Waals surface area contributed by atoms with E-state index >= 15 is 0 Å². The molecule has 1 unspecified atom stereocenters. The van der Waals surface area contributed by atoms with Gasteiger partial charge in [-0.3, -0.25) is 9.78 Å². The van der Waals surface area contributed by atoms with Gasteiger partial charge < -0.3 is 10.1 Å². The molecule has 0 aromatic carbocycles. The molecule has 0 saturated heterocycles. The first-order chi connectivity index (χ1) is 9.40. The van der Waals surface area contributed by atoms with E-state index in [-0.39, 0.29) is 19.1 Å². The summed E-state index contributed by atoms with van der Waals surface area (Å²) >= 11 is 0. The first kappa shape index (κ1) is 16.6. The largest absolute Gasteiger partial charge is 0.396 e. The predicted octanol–water partition coefficient (Wildman–Crippen LogP) is -0.860. The Bertz CT molecular complexity index is 628. The van der Waals surface area contributed by atoms with E-state index in [4.69, 9.17) is 5.11 Å². The third kappa shape index (κ3) is 4.58. The van der Waals surface area contributed by atoms with Crippen LogP contribution in [0.3, 0.4) is 0 Å². The molecule has 0 radical (unpaired) electrons. The Morgan fingerprint density at radius 1 is 1.35 bits per heavy atom. The summed E-state index contributed by atoms with van der Waals surface area (Å²) in [6.07, 6.45) is 2.99. The SMILES string of the molecule is CCCC(CCO)CNS(=O)(=O)c1c[nH]c(=O)[nH]c1=O. The van der Waals surface area contributed by atoms with Gasteiger partial charge in [0.15, 0.2) is 4.90 Å². The lowest BCUT2D eigenvalue weighted by Crippen LogP contribution is -2.35. The Morgan fingerprint density at radius 2 is 2.05 bits per heavy atom. The number of aromatic nitrogens is 2. The fourth-order valence-electron chi connectivity index (χ4n) is 1.84. The molecule has 0 bridgehead atoms. The zero-order chi connectivity index (χ0) is 15.2. The molecule has 20 heavy (non-hydrogen) atoms. The second-order valence-corrected chi connectivity index (χ2v) is 6.19. The fraction of sp³-hybridized carbons (Fsp3) is 0.636. The molecule has 0 aliphatic rings. The van der Waals surface area contributed by atoms with Gasteiger partial charge in [0.1, 0.15) is 0 Å².